The summed E-state index contributed by atoms with van der Waals surface area (Å²) in [7, 11) is 0. The average molecular weight is 384 g/mol. The zero-order valence-corrected chi connectivity index (χ0v) is 15.5. The molecule has 3 heterocycles. The molecule has 1 aromatic carbocycles. The fourth-order valence-corrected chi connectivity index (χ4v) is 3.41. The first-order chi connectivity index (χ1) is 13.3. The summed E-state index contributed by atoms with van der Waals surface area (Å²) < 4.78 is 5.36. The molecule has 0 spiro atoms. The molecule has 2 amide bonds. The summed E-state index contributed by atoms with van der Waals surface area (Å²) in [5.41, 5.74) is 2.44. The Hall–Kier alpha value is -2.75. The highest BCUT2D eigenvalue weighted by atomic mass is 32.1. The van der Waals surface area contributed by atoms with Crippen LogP contribution in [-0.4, -0.2) is 59.0 Å². The van der Waals surface area contributed by atoms with Gasteiger partial charge in [-0.3, -0.25) is 15.3 Å². The van der Waals surface area contributed by atoms with Gasteiger partial charge in [-0.25, -0.2) is 9.78 Å². The quantitative estimate of drug-likeness (QED) is 0.629. The van der Waals surface area contributed by atoms with Gasteiger partial charge in [0.2, 0.25) is 0 Å². The molecule has 0 atom stereocenters. The molecular weight excluding hydrogens is 364 g/mol. The SMILES string of the molecule is O=C(Nc1ccc2c(/C=C/CN3CCOCC3)n[nH]c2c1)Nc1nccs1. The van der Waals surface area contributed by atoms with Crippen LogP contribution in [0.2, 0.25) is 0 Å². The van der Waals surface area contributed by atoms with Crippen molar-refractivity contribution in [3.05, 3.63) is 41.5 Å². The third-order valence-electron chi connectivity index (χ3n) is 4.25. The number of H-pyrrole nitrogens is 1. The van der Waals surface area contributed by atoms with Gasteiger partial charge in [-0.1, -0.05) is 6.08 Å². The molecule has 0 bridgehead atoms. The predicted octanol–water partition coefficient (Wildman–Crippen LogP) is 3.01. The van der Waals surface area contributed by atoms with E-state index in [4.69, 9.17) is 4.74 Å². The molecule has 4 rings (SSSR count). The maximum atomic E-state index is 12.0. The molecular formula is C18H20N6O2S. The summed E-state index contributed by atoms with van der Waals surface area (Å²) in [5, 5.41) is 16.3. The summed E-state index contributed by atoms with van der Waals surface area (Å²) in [6.45, 7) is 4.40. The van der Waals surface area contributed by atoms with Crippen LogP contribution in [-0.2, 0) is 4.74 Å². The van der Waals surface area contributed by atoms with Crippen molar-refractivity contribution in [2.24, 2.45) is 0 Å². The molecule has 140 valence electrons. The highest BCUT2D eigenvalue weighted by molar-refractivity contribution is 7.13. The summed E-state index contributed by atoms with van der Waals surface area (Å²) >= 11 is 1.37. The minimum absolute atomic E-state index is 0.325. The zero-order chi connectivity index (χ0) is 18.5. The van der Waals surface area contributed by atoms with Crippen molar-refractivity contribution in [3.8, 4) is 0 Å². The minimum atomic E-state index is -0.325. The number of carbonyl (C=O) groups is 1. The van der Waals surface area contributed by atoms with E-state index < -0.39 is 0 Å². The van der Waals surface area contributed by atoms with E-state index in [9.17, 15) is 4.79 Å². The van der Waals surface area contributed by atoms with E-state index in [1.807, 2.05) is 24.3 Å². The number of aromatic nitrogens is 3. The van der Waals surface area contributed by atoms with Gasteiger partial charge in [0.15, 0.2) is 5.13 Å². The lowest BCUT2D eigenvalue weighted by atomic mass is 10.2. The van der Waals surface area contributed by atoms with E-state index in [0.717, 1.165) is 49.4 Å². The van der Waals surface area contributed by atoms with Crippen LogP contribution in [0.3, 0.4) is 0 Å². The van der Waals surface area contributed by atoms with Gasteiger partial charge in [0, 0.05) is 42.3 Å². The normalized spacial score (nSPS) is 15.4. The Morgan fingerprint density at radius 2 is 2.22 bits per heavy atom. The number of rotatable bonds is 5. The maximum Gasteiger partial charge on any atom is 0.325 e. The van der Waals surface area contributed by atoms with E-state index in [1.54, 1.807) is 11.6 Å². The molecule has 1 aliphatic heterocycles. The molecule has 3 N–H and O–H groups in total. The van der Waals surface area contributed by atoms with Crippen LogP contribution in [0.15, 0.2) is 35.9 Å². The third kappa shape index (κ3) is 4.51. The fourth-order valence-electron chi connectivity index (χ4n) is 2.89. The van der Waals surface area contributed by atoms with Crippen molar-refractivity contribution >= 4 is 45.2 Å². The number of nitrogens with one attached hydrogen (secondary N) is 3. The van der Waals surface area contributed by atoms with Crippen LogP contribution in [0, 0.1) is 0 Å². The fraction of sp³-hybridized carbons (Fsp3) is 0.278. The molecule has 27 heavy (non-hydrogen) atoms. The number of amides is 2. The summed E-state index contributed by atoms with van der Waals surface area (Å²) in [5.74, 6) is 0. The van der Waals surface area contributed by atoms with Crippen LogP contribution < -0.4 is 10.6 Å². The lowest BCUT2D eigenvalue weighted by Gasteiger charge is -2.25. The smallest absolute Gasteiger partial charge is 0.325 e. The first kappa shape index (κ1) is 17.7. The predicted molar refractivity (Wildman–Crippen MR) is 107 cm³/mol. The molecule has 1 aliphatic rings. The first-order valence-electron chi connectivity index (χ1n) is 8.70. The second kappa shape index (κ2) is 8.30. The van der Waals surface area contributed by atoms with E-state index in [1.165, 1.54) is 11.3 Å². The Balaban J connectivity index is 1.39. The molecule has 0 radical (unpaired) electrons. The van der Waals surface area contributed by atoms with Crippen molar-refractivity contribution in [2.75, 3.05) is 43.5 Å². The highest BCUT2D eigenvalue weighted by Crippen LogP contribution is 2.21. The molecule has 0 aliphatic carbocycles. The van der Waals surface area contributed by atoms with Gasteiger partial charge in [-0.05, 0) is 24.3 Å². The Kier molecular flexibility index (Phi) is 5.42. The van der Waals surface area contributed by atoms with Crippen molar-refractivity contribution in [1.29, 1.82) is 0 Å². The number of ether oxygens (including phenoxy) is 1. The lowest BCUT2D eigenvalue weighted by Crippen LogP contribution is -2.36. The number of hydrogen-bond donors (Lipinski definition) is 3. The van der Waals surface area contributed by atoms with Gasteiger partial charge in [-0.2, -0.15) is 5.10 Å². The number of fused-ring (bicyclic) bond motifs is 1. The van der Waals surface area contributed by atoms with Crippen molar-refractivity contribution in [3.63, 3.8) is 0 Å². The van der Waals surface area contributed by atoms with Gasteiger partial charge < -0.3 is 10.1 Å². The lowest BCUT2D eigenvalue weighted by molar-refractivity contribution is 0.0435. The Morgan fingerprint density at radius 3 is 3.04 bits per heavy atom. The third-order valence-corrected chi connectivity index (χ3v) is 4.93. The molecule has 3 aromatic rings. The summed E-state index contributed by atoms with van der Waals surface area (Å²) in [6, 6.07) is 5.35. The number of benzene rings is 1. The average Bonchev–Trinajstić information content (AvgIpc) is 3.32. The van der Waals surface area contributed by atoms with Gasteiger partial charge in [0.05, 0.1) is 24.4 Å². The molecule has 2 aromatic heterocycles. The number of urea groups is 1. The first-order valence-corrected chi connectivity index (χ1v) is 9.58. The molecule has 0 unspecified atom stereocenters. The summed E-state index contributed by atoms with van der Waals surface area (Å²) in [4.78, 5) is 18.4. The van der Waals surface area contributed by atoms with Crippen molar-refractivity contribution in [1.82, 2.24) is 20.1 Å². The van der Waals surface area contributed by atoms with Gasteiger partial charge >= 0.3 is 6.03 Å². The number of anilines is 2. The number of morpholine rings is 1. The highest BCUT2D eigenvalue weighted by Gasteiger charge is 2.09. The van der Waals surface area contributed by atoms with Crippen LogP contribution in [0.5, 0.6) is 0 Å². The number of hydrogen-bond acceptors (Lipinski definition) is 6. The summed E-state index contributed by atoms with van der Waals surface area (Å²) in [6.07, 6.45) is 5.79. The van der Waals surface area contributed by atoms with Crippen LogP contribution in [0.25, 0.3) is 17.0 Å². The van der Waals surface area contributed by atoms with E-state index in [2.05, 4.69) is 36.8 Å². The molecule has 1 fully saturated rings. The number of carbonyl (C=O) groups excluding carboxylic acids is 1. The largest absolute Gasteiger partial charge is 0.379 e. The minimum Gasteiger partial charge on any atom is -0.379 e. The van der Waals surface area contributed by atoms with E-state index in [-0.39, 0.29) is 6.03 Å². The van der Waals surface area contributed by atoms with Crippen LogP contribution >= 0.6 is 11.3 Å². The Bertz CT molecular complexity index is 931. The Morgan fingerprint density at radius 1 is 1.33 bits per heavy atom. The molecule has 1 saturated heterocycles. The van der Waals surface area contributed by atoms with Crippen molar-refractivity contribution in [2.45, 2.75) is 0 Å². The number of aromatic amines is 1. The van der Waals surface area contributed by atoms with Gasteiger partial charge in [0.1, 0.15) is 0 Å². The number of thiazole rings is 1. The van der Waals surface area contributed by atoms with Gasteiger partial charge in [0.25, 0.3) is 0 Å². The van der Waals surface area contributed by atoms with Crippen molar-refractivity contribution < 1.29 is 9.53 Å². The van der Waals surface area contributed by atoms with Crippen LogP contribution in [0.4, 0.5) is 15.6 Å². The van der Waals surface area contributed by atoms with Crippen LogP contribution in [0.1, 0.15) is 5.69 Å². The maximum absolute atomic E-state index is 12.0. The zero-order valence-electron chi connectivity index (χ0n) is 14.6. The monoisotopic (exact) mass is 384 g/mol. The number of nitrogens with zero attached hydrogens (tertiary/aromatic N) is 3. The van der Waals surface area contributed by atoms with E-state index >= 15 is 0 Å². The standard InChI is InChI=1S/C18H20N6O2S/c25-17(21-18-19-5-11-27-18)20-13-3-4-14-15(22-23-16(14)12-13)2-1-6-24-7-9-26-10-8-24/h1-5,11-12H,6-10H2,(H,22,23)(H2,19,20,21,25)/b2-1+. The van der Waals surface area contributed by atoms with Gasteiger partial charge in [-0.15, -0.1) is 11.3 Å². The second-order valence-electron chi connectivity index (χ2n) is 6.10. The molecule has 0 saturated carbocycles. The molecule has 9 heteroatoms. The Labute approximate surface area is 160 Å². The van der Waals surface area contributed by atoms with E-state index in [0.29, 0.717) is 10.8 Å². The topological polar surface area (TPSA) is 95.2 Å². The second-order valence-corrected chi connectivity index (χ2v) is 7.00. The molecule has 8 nitrogen and oxygen atoms in total.